The zero-order valence-electron chi connectivity index (χ0n) is 15.1. The number of benzene rings is 1. The number of aromatic carboxylic acids is 1. The SMILES string of the molecule is CC(=O)CC/C=C(\C)CCC=C(C)C.Nc1ccccc1C(=O)O. The Kier molecular flexibility index (Phi) is 10.9. The van der Waals surface area contributed by atoms with Crippen LogP contribution >= 0.6 is 0 Å². The number of ketones is 1. The lowest BCUT2D eigenvalue weighted by Crippen LogP contribution is -2.00. The highest BCUT2D eigenvalue weighted by molar-refractivity contribution is 5.93. The van der Waals surface area contributed by atoms with E-state index in [1.54, 1.807) is 25.1 Å². The third-order valence-electron chi connectivity index (χ3n) is 3.27. The number of carboxylic acids is 1. The largest absolute Gasteiger partial charge is 0.478 e. The van der Waals surface area contributed by atoms with Gasteiger partial charge in [-0.1, -0.05) is 35.4 Å². The number of hydrogen-bond donors (Lipinski definition) is 2. The molecule has 24 heavy (non-hydrogen) atoms. The zero-order chi connectivity index (χ0) is 18.5. The molecular formula is C20H29NO3. The molecule has 0 fully saturated rings. The molecule has 0 aliphatic heterocycles. The van der Waals surface area contributed by atoms with Crippen LogP contribution in [0.2, 0.25) is 0 Å². The van der Waals surface area contributed by atoms with Gasteiger partial charge >= 0.3 is 5.97 Å². The van der Waals surface area contributed by atoms with E-state index >= 15 is 0 Å². The number of para-hydroxylation sites is 1. The number of carboxylic acid groups (broad SMARTS) is 1. The van der Waals surface area contributed by atoms with Crippen LogP contribution in [0, 0.1) is 0 Å². The Morgan fingerprint density at radius 2 is 1.58 bits per heavy atom. The molecule has 4 heteroatoms. The standard InChI is InChI=1S/C13H22O.C7H7NO2/c1-11(2)7-5-8-12(3)9-6-10-13(4)14;8-6-4-2-1-3-5(6)7(9)10/h7,9H,5-6,8,10H2,1-4H3;1-4H,8H2,(H,9,10)/b12-9+;. The van der Waals surface area contributed by atoms with Gasteiger partial charge in [-0.2, -0.15) is 0 Å². The predicted octanol–water partition coefficient (Wildman–Crippen LogP) is 5.02. The lowest BCUT2D eigenvalue weighted by atomic mass is 10.1. The summed E-state index contributed by atoms with van der Waals surface area (Å²) < 4.78 is 0. The van der Waals surface area contributed by atoms with E-state index in [0.717, 1.165) is 19.3 Å². The highest BCUT2D eigenvalue weighted by atomic mass is 16.4. The summed E-state index contributed by atoms with van der Waals surface area (Å²) in [7, 11) is 0. The number of carbonyl (C=O) groups excluding carboxylic acids is 1. The maximum absolute atomic E-state index is 10.7. The maximum atomic E-state index is 10.7. The van der Waals surface area contributed by atoms with Gasteiger partial charge in [-0.25, -0.2) is 4.79 Å². The Bertz CT molecular complexity index is 597. The Labute approximate surface area is 145 Å². The van der Waals surface area contributed by atoms with E-state index in [1.165, 1.54) is 17.2 Å². The van der Waals surface area contributed by atoms with E-state index in [4.69, 9.17) is 10.8 Å². The fraction of sp³-hybridized carbons (Fsp3) is 0.400. The molecule has 0 atom stereocenters. The minimum absolute atomic E-state index is 0.155. The van der Waals surface area contributed by atoms with E-state index in [-0.39, 0.29) is 11.3 Å². The first kappa shape index (κ1) is 21.6. The molecule has 0 aromatic heterocycles. The third-order valence-corrected chi connectivity index (χ3v) is 3.27. The van der Waals surface area contributed by atoms with Crippen molar-refractivity contribution in [1.29, 1.82) is 0 Å². The van der Waals surface area contributed by atoms with Crippen LogP contribution in [0.1, 0.15) is 63.7 Å². The van der Waals surface area contributed by atoms with Crippen molar-refractivity contribution in [2.45, 2.75) is 53.4 Å². The third kappa shape index (κ3) is 11.2. The van der Waals surface area contributed by atoms with Gasteiger partial charge in [-0.05, 0) is 59.1 Å². The van der Waals surface area contributed by atoms with Crippen LogP contribution in [0.4, 0.5) is 5.69 Å². The molecule has 0 aliphatic carbocycles. The first-order valence-corrected chi connectivity index (χ1v) is 8.10. The second-order valence-electron chi connectivity index (χ2n) is 6.00. The van der Waals surface area contributed by atoms with E-state index in [1.807, 2.05) is 0 Å². The van der Waals surface area contributed by atoms with Gasteiger partial charge in [0.25, 0.3) is 0 Å². The van der Waals surface area contributed by atoms with E-state index in [2.05, 4.69) is 32.9 Å². The lowest BCUT2D eigenvalue weighted by Gasteiger charge is -1.98. The van der Waals surface area contributed by atoms with Crippen LogP contribution in [-0.2, 0) is 4.79 Å². The van der Waals surface area contributed by atoms with Crippen molar-refractivity contribution in [2.24, 2.45) is 0 Å². The minimum atomic E-state index is -0.988. The van der Waals surface area contributed by atoms with Crippen LogP contribution in [0.5, 0.6) is 0 Å². The molecule has 1 aromatic rings. The Hall–Kier alpha value is -2.36. The van der Waals surface area contributed by atoms with Crippen LogP contribution in [0.15, 0.2) is 47.6 Å². The number of anilines is 1. The van der Waals surface area contributed by atoms with Gasteiger partial charge in [-0.3, -0.25) is 0 Å². The summed E-state index contributed by atoms with van der Waals surface area (Å²) in [6.45, 7) is 8.02. The molecular weight excluding hydrogens is 302 g/mol. The summed E-state index contributed by atoms with van der Waals surface area (Å²) in [4.78, 5) is 21.0. The summed E-state index contributed by atoms with van der Waals surface area (Å²) >= 11 is 0. The average molecular weight is 331 g/mol. The molecule has 0 amide bonds. The predicted molar refractivity (Wildman–Crippen MR) is 100 cm³/mol. The Balaban J connectivity index is 0.000000463. The van der Waals surface area contributed by atoms with Crippen molar-refractivity contribution < 1.29 is 14.7 Å². The summed E-state index contributed by atoms with van der Waals surface area (Å²) in [5, 5.41) is 8.49. The smallest absolute Gasteiger partial charge is 0.337 e. The summed E-state index contributed by atoms with van der Waals surface area (Å²) in [5.41, 5.74) is 8.57. The first-order valence-electron chi connectivity index (χ1n) is 8.10. The van der Waals surface area contributed by atoms with Crippen molar-refractivity contribution >= 4 is 17.4 Å². The number of nitrogen functional groups attached to an aromatic ring is 1. The van der Waals surface area contributed by atoms with Crippen molar-refractivity contribution in [1.82, 2.24) is 0 Å². The van der Waals surface area contributed by atoms with Gasteiger partial charge in [0.1, 0.15) is 5.78 Å². The van der Waals surface area contributed by atoms with E-state index < -0.39 is 5.97 Å². The van der Waals surface area contributed by atoms with Crippen LogP contribution in [0.3, 0.4) is 0 Å². The molecule has 0 saturated carbocycles. The van der Waals surface area contributed by atoms with Crippen LogP contribution in [0.25, 0.3) is 0 Å². The number of hydrogen-bond acceptors (Lipinski definition) is 3. The van der Waals surface area contributed by atoms with Gasteiger partial charge in [0.2, 0.25) is 0 Å². The van der Waals surface area contributed by atoms with Gasteiger partial charge < -0.3 is 15.6 Å². The van der Waals surface area contributed by atoms with Gasteiger partial charge in [0.15, 0.2) is 0 Å². The topological polar surface area (TPSA) is 80.4 Å². The molecule has 4 nitrogen and oxygen atoms in total. The normalized spacial score (nSPS) is 10.4. The van der Waals surface area contributed by atoms with E-state index in [0.29, 0.717) is 12.1 Å². The molecule has 0 aliphatic rings. The van der Waals surface area contributed by atoms with Crippen molar-refractivity contribution in [3.8, 4) is 0 Å². The Morgan fingerprint density at radius 1 is 1.00 bits per heavy atom. The van der Waals surface area contributed by atoms with Gasteiger partial charge in [-0.15, -0.1) is 0 Å². The molecule has 3 N–H and O–H groups in total. The molecule has 0 radical (unpaired) electrons. The van der Waals surface area contributed by atoms with Crippen molar-refractivity contribution in [3.05, 3.63) is 53.1 Å². The number of Topliss-reactive ketones (excluding diaryl/α,β-unsaturated/α-hetero) is 1. The molecule has 0 heterocycles. The van der Waals surface area contributed by atoms with Crippen LogP contribution < -0.4 is 5.73 Å². The molecule has 0 unspecified atom stereocenters. The summed E-state index contributed by atoms with van der Waals surface area (Å²) in [6.07, 6.45) is 8.24. The highest BCUT2D eigenvalue weighted by Crippen LogP contribution is 2.09. The molecule has 1 aromatic carbocycles. The number of nitrogens with two attached hydrogens (primary N) is 1. The maximum Gasteiger partial charge on any atom is 0.337 e. The van der Waals surface area contributed by atoms with E-state index in [9.17, 15) is 9.59 Å². The van der Waals surface area contributed by atoms with Gasteiger partial charge in [0.05, 0.1) is 5.56 Å². The lowest BCUT2D eigenvalue weighted by molar-refractivity contribution is -0.116. The molecule has 1 rings (SSSR count). The Morgan fingerprint density at radius 3 is 2.04 bits per heavy atom. The fourth-order valence-corrected chi connectivity index (χ4v) is 1.90. The average Bonchev–Trinajstić information content (AvgIpc) is 2.47. The highest BCUT2D eigenvalue weighted by Gasteiger charge is 2.03. The zero-order valence-corrected chi connectivity index (χ0v) is 15.1. The monoisotopic (exact) mass is 331 g/mol. The molecule has 0 spiro atoms. The van der Waals surface area contributed by atoms with Gasteiger partial charge in [0, 0.05) is 12.1 Å². The molecule has 132 valence electrons. The minimum Gasteiger partial charge on any atom is -0.478 e. The second kappa shape index (κ2) is 12.1. The second-order valence-corrected chi connectivity index (χ2v) is 6.00. The number of rotatable bonds is 7. The van der Waals surface area contributed by atoms with Crippen molar-refractivity contribution in [3.63, 3.8) is 0 Å². The first-order chi connectivity index (χ1) is 11.2. The fourth-order valence-electron chi connectivity index (χ4n) is 1.90. The van der Waals surface area contributed by atoms with Crippen LogP contribution in [-0.4, -0.2) is 16.9 Å². The van der Waals surface area contributed by atoms with Crippen molar-refractivity contribution in [2.75, 3.05) is 5.73 Å². The summed E-state index contributed by atoms with van der Waals surface area (Å²) in [5.74, 6) is -0.712. The molecule has 0 bridgehead atoms. The number of carbonyl (C=O) groups is 2. The quantitative estimate of drug-likeness (QED) is 0.543. The molecule has 0 saturated heterocycles. The summed E-state index contributed by atoms with van der Waals surface area (Å²) in [6, 6.07) is 6.36. The number of allylic oxidation sites excluding steroid dienone is 4.